The molecule has 1 aliphatic rings. The van der Waals surface area contributed by atoms with Gasteiger partial charge >= 0.3 is 35.6 Å². The van der Waals surface area contributed by atoms with Crippen LogP contribution in [0.2, 0.25) is 0 Å². The first-order valence-electron chi connectivity index (χ1n) is 6.08. The third kappa shape index (κ3) is 4.86. The number of hydrogen-bond acceptors (Lipinski definition) is 1. The normalized spacial score (nSPS) is 37.8. The minimum atomic E-state index is -0.556. The predicted molar refractivity (Wildman–Crippen MR) is 68.2 cm³/mol. The molecule has 1 fully saturated rings. The Morgan fingerprint density at radius 1 is 0.938 bits per heavy atom. The van der Waals surface area contributed by atoms with Gasteiger partial charge in [-0.25, -0.2) is 0 Å². The third-order valence-electron chi connectivity index (χ3n) is 4.53. The molecule has 1 N–H and O–H groups in total. The number of rotatable bonds is 3. The van der Waals surface area contributed by atoms with E-state index >= 15 is 0 Å². The number of aliphatic hydroxyl groups is 1. The van der Waals surface area contributed by atoms with Gasteiger partial charge in [-0.15, -0.1) is 0 Å². The fraction of sp³-hybridized carbons (Fsp3) is 1.00. The zero-order valence-electron chi connectivity index (χ0n) is 10.7. The summed E-state index contributed by atoms with van der Waals surface area (Å²) in [7, 11) is 9.78. The van der Waals surface area contributed by atoms with Crippen LogP contribution in [0, 0.1) is 29.6 Å². The summed E-state index contributed by atoms with van der Waals surface area (Å²) in [4.78, 5) is 0. The van der Waals surface area contributed by atoms with E-state index in [1.807, 2.05) is 0 Å². The summed E-state index contributed by atoms with van der Waals surface area (Å²) in [5, 5.41) is 8.83. The first kappa shape index (κ1) is 17.3. The Morgan fingerprint density at radius 2 is 1.31 bits per heavy atom. The van der Waals surface area contributed by atoms with Crippen molar-refractivity contribution in [3.63, 3.8) is 0 Å². The molecule has 1 aliphatic carbocycles. The van der Waals surface area contributed by atoms with Crippen LogP contribution in [0.5, 0.6) is 0 Å². The van der Waals surface area contributed by atoms with Crippen molar-refractivity contribution in [2.75, 3.05) is 6.61 Å². The second-order valence-corrected chi connectivity index (χ2v) is 7.62. The Hall–Kier alpha value is 1.25. The van der Waals surface area contributed by atoms with Crippen LogP contribution in [-0.2, 0) is 17.0 Å². The molecule has 0 aromatic carbocycles. The fourth-order valence-electron chi connectivity index (χ4n) is 3.07. The van der Waals surface area contributed by atoms with Crippen LogP contribution >= 0.6 is 18.6 Å². The Kier molecular flexibility index (Phi) is 9.94. The molecule has 0 radical (unpaired) electrons. The van der Waals surface area contributed by atoms with E-state index < -0.39 is 17.0 Å². The van der Waals surface area contributed by atoms with E-state index in [1.165, 1.54) is 6.42 Å². The second kappa shape index (κ2) is 9.22. The molecule has 96 valence electrons. The Bertz CT molecular complexity index is 166. The van der Waals surface area contributed by atoms with Crippen LogP contribution in [0.15, 0.2) is 0 Å². The van der Waals surface area contributed by atoms with Crippen molar-refractivity contribution >= 4 is 18.6 Å². The summed E-state index contributed by atoms with van der Waals surface area (Å²) in [6.07, 6.45) is 2.20. The molecule has 0 bridgehead atoms. The van der Waals surface area contributed by atoms with E-state index in [4.69, 9.17) is 23.7 Å². The van der Waals surface area contributed by atoms with Crippen molar-refractivity contribution in [3.8, 4) is 0 Å². The quantitative estimate of drug-likeness (QED) is 0.770. The van der Waals surface area contributed by atoms with Gasteiger partial charge in [-0.05, 0) is 42.4 Å². The van der Waals surface area contributed by atoms with Crippen molar-refractivity contribution in [1.82, 2.24) is 0 Å². The fourth-order valence-corrected chi connectivity index (χ4v) is 3.07. The molecule has 4 heteroatoms. The van der Waals surface area contributed by atoms with E-state index in [0.29, 0.717) is 6.61 Å². The predicted octanol–water partition coefficient (Wildman–Crippen LogP) is 4.31. The van der Waals surface area contributed by atoms with E-state index in [1.54, 1.807) is 0 Å². The van der Waals surface area contributed by atoms with Crippen LogP contribution < -0.4 is 0 Å². The summed E-state index contributed by atoms with van der Waals surface area (Å²) >= 11 is -0.556. The molecule has 4 atom stereocenters. The van der Waals surface area contributed by atoms with Crippen LogP contribution in [-0.4, -0.2) is 11.7 Å². The van der Waals surface area contributed by atoms with E-state index in [2.05, 4.69) is 27.7 Å². The first-order valence-corrected chi connectivity index (χ1v) is 10.4. The van der Waals surface area contributed by atoms with Crippen molar-refractivity contribution in [2.24, 2.45) is 29.6 Å². The minimum absolute atomic E-state index is 0.360. The van der Waals surface area contributed by atoms with Crippen molar-refractivity contribution in [2.45, 2.75) is 40.5 Å². The number of aliphatic hydroxyl groups excluding tert-OH is 1. The average molecular weight is 303 g/mol. The van der Waals surface area contributed by atoms with Gasteiger partial charge in [0.25, 0.3) is 0 Å². The summed E-state index contributed by atoms with van der Waals surface area (Å²) < 4.78 is 0. The van der Waals surface area contributed by atoms with Crippen molar-refractivity contribution in [1.29, 1.82) is 0 Å². The van der Waals surface area contributed by atoms with Gasteiger partial charge in [0.15, 0.2) is 0 Å². The molecule has 4 unspecified atom stereocenters. The summed E-state index contributed by atoms with van der Waals surface area (Å²) in [6, 6.07) is 0. The van der Waals surface area contributed by atoms with Gasteiger partial charge in [-0.2, -0.15) is 0 Å². The van der Waals surface area contributed by atoms with Crippen LogP contribution in [0.3, 0.4) is 0 Å². The monoisotopic (exact) mass is 302 g/mol. The second-order valence-electron chi connectivity index (χ2n) is 5.04. The van der Waals surface area contributed by atoms with Gasteiger partial charge in [-0.1, -0.05) is 27.7 Å². The van der Waals surface area contributed by atoms with Gasteiger partial charge in [0.1, 0.15) is 0 Å². The van der Waals surface area contributed by atoms with Crippen molar-refractivity contribution in [3.05, 3.63) is 0 Å². The average Bonchev–Trinajstić information content (AvgIpc) is 2.43. The van der Waals surface area contributed by atoms with Gasteiger partial charge in [0, 0.05) is 6.61 Å². The molecular weight excluding hydrogens is 279 g/mol. The van der Waals surface area contributed by atoms with Crippen molar-refractivity contribution < 1.29 is 22.1 Å². The maximum atomic E-state index is 8.83. The molecule has 16 heavy (non-hydrogen) atoms. The SMILES string of the molecule is CC1C(C)C(C)C(CCCO)C1C.[Cl][Ti][Cl]. The Labute approximate surface area is 117 Å². The molecule has 0 amide bonds. The van der Waals surface area contributed by atoms with Crippen LogP contribution in [0.1, 0.15) is 40.5 Å². The molecule has 0 aromatic rings. The molecule has 0 heterocycles. The Balaban J connectivity index is 0.000000673. The summed E-state index contributed by atoms with van der Waals surface area (Å²) in [6.45, 7) is 9.88. The Morgan fingerprint density at radius 3 is 1.62 bits per heavy atom. The molecule has 0 aliphatic heterocycles. The first-order chi connectivity index (χ1) is 7.51. The van der Waals surface area contributed by atoms with E-state index in [-0.39, 0.29) is 0 Å². The van der Waals surface area contributed by atoms with Crippen LogP contribution in [0.4, 0.5) is 0 Å². The molecule has 0 spiro atoms. The molecule has 1 nitrogen and oxygen atoms in total. The summed E-state index contributed by atoms with van der Waals surface area (Å²) in [5.74, 6) is 4.25. The molecule has 1 saturated carbocycles. The van der Waals surface area contributed by atoms with Gasteiger partial charge < -0.3 is 5.11 Å². The van der Waals surface area contributed by atoms with E-state index in [9.17, 15) is 0 Å². The maximum absolute atomic E-state index is 8.83. The topological polar surface area (TPSA) is 20.2 Å². The zero-order valence-corrected chi connectivity index (χ0v) is 13.8. The zero-order chi connectivity index (χ0) is 12.7. The number of hydrogen-bond donors (Lipinski definition) is 1. The summed E-state index contributed by atoms with van der Waals surface area (Å²) in [5.41, 5.74) is 0. The van der Waals surface area contributed by atoms with Crippen LogP contribution in [0.25, 0.3) is 0 Å². The van der Waals surface area contributed by atoms with E-state index in [0.717, 1.165) is 36.0 Å². The molecule has 0 aromatic heterocycles. The van der Waals surface area contributed by atoms with Gasteiger partial charge in [-0.3, -0.25) is 0 Å². The molecule has 1 rings (SSSR count). The van der Waals surface area contributed by atoms with Gasteiger partial charge in [0.2, 0.25) is 0 Å². The molecule has 0 saturated heterocycles. The molecular formula is C12H24Cl2OTi. The third-order valence-corrected chi connectivity index (χ3v) is 4.53. The number of halogens is 2. The van der Waals surface area contributed by atoms with Gasteiger partial charge in [0.05, 0.1) is 0 Å². The standard InChI is InChI=1S/C12H24O.2ClH.Ti/c1-8-9(2)11(4)12(10(8)3)6-5-7-13;;;/h8-13H,5-7H2,1-4H3;2*1H;/q;;;+2/p-2.